The summed E-state index contributed by atoms with van der Waals surface area (Å²) in [4.78, 5) is 30.4. The molecule has 4 N–H and O–H groups in total. The van der Waals surface area contributed by atoms with Crippen LogP contribution in [0.3, 0.4) is 0 Å². The molecule has 2 unspecified atom stereocenters. The van der Waals surface area contributed by atoms with Crippen molar-refractivity contribution in [2.24, 2.45) is 0 Å². The number of aliphatic hydroxyl groups is 1. The highest BCUT2D eigenvalue weighted by atomic mass is 31.2. The lowest BCUT2D eigenvalue weighted by Gasteiger charge is -2.32. The largest absolute Gasteiger partial charge is 0.469 e. The number of ketones is 1. The maximum absolute atomic E-state index is 13.0. The summed E-state index contributed by atoms with van der Waals surface area (Å²) in [5.41, 5.74) is 0.335. The van der Waals surface area contributed by atoms with Crippen molar-refractivity contribution in [2.45, 2.75) is 31.6 Å². The SMILES string of the molecule is CC(C)(NCCOP(=O)(O)O)C(O)COC(C(=O)c1ccccc1)c1ccccc1. The quantitative estimate of drug-likeness (QED) is 0.227. The van der Waals surface area contributed by atoms with E-state index in [-0.39, 0.29) is 25.5 Å². The predicted molar refractivity (Wildman–Crippen MR) is 112 cm³/mol. The highest BCUT2D eigenvalue weighted by Gasteiger charge is 2.30. The van der Waals surface area contributed by atoms with Gasteiger partial charge in [-0.05, 0) is 19.4 Å². The molecule has 0 saturated heterocycles. The number of nitrogens with one attached hydrogen (secondary N) is 1. The fourth-order valence-electron chi connectivity index (χ4n) is 2.76. The van der Waals surface area contributed by atoms with Gasteiger partial charge in [-0.2, -0.15) is 0 Å². The van der Waals surface area contributed by atoms with Crippen LogP contribution in [-0.4, -0.2) is 52.1 Å². The van der Waals surface area contributed by atoms with Crippen LogP contribution in [0.5, 0.6) is 0 Å². The Morgan fingerprint density at radius 1 is 1.07 bits per heavy atom. The van der Waals surface area contributed by atoms with Gasteiger partial charge in [0.25, 0.3) is 0 Å². The average Bonchev–Trinajstić information content (AvgIpc) is 2.72. The number of rotatable bonds is 12. The number of carbonyl (C=O) groups excluding carboxylic acids is 1. The summed E-state index contributed by atoms with van der Waals surface area (Å²) >= 11 is 0. The van der Waals surface area contributed by atoms with Crippen molar-refractivity contribution in [2.75, 3.05) is 19.8 Å². The van der Waals surface area contributed by atoms with Gasteiger partial charge in [0, 0.05) is 17.6 Å². The van der Waals surface area contributed by atoms with E-state index in [1.165, 1.54) is 0 Å². The second-order valence-corrected chi connectivity index (χ2v) is 8.58. The van der Waals surface area contributed by atoms with Crippen LogP contribution < -0.4 is 5.32 Å². The lowest BCUT2D eigenvalue weighted by atomic mass is 9.97. The molecule has 2 atom stereocenters. The lowest BCUT2D eigenvalue weighted by molar-refractivity contribution is -0.0333. The average molecular weight is 437 g/mol. The third kappa shape index (κ3) is 7.74. The predicted octanol–water partition coefficient (Wildman–Crippen LogP) is 2.47. The van der Waals surface area contributed by atoms with Gasteiger partial charge in [-0.1, -0.05) is 60.7 Å². The van der Waals surface area contributed by atoms with Crippen LogP contribution in [0.1, 0.15) is 35.9 Å². The molecule has 0 aliphatic heterocycles. The molecule has 0 radical (unpaired) electrons. The molecule has 0 saturated carbocycles. The smallest absolute Gasteiger partial charge is 0.389 e. The van der Waals surface area contributed by atoms with E-state index in [2.05, 4.69) is 9.84 Å². The number of hydrogen-bond donors (Lipinski definition) is 4. The Hall–Kier alpha value is -1.90. The van der Waals surface area contributed by atoms with Crippen LogP contribution in [-0.2, 0) is 13.8 Å². The van der Waals surface area contributed by atoms with Crippen molar-refractivity contribution < 1.29 is 33.5 Å². The zero-order valence-electron chi connectivity index (χ0n) is 17.0. The Kier molecular flexibility index (Phi) is 8.88. The molecule has 164 valence electrons. The summed E-state index contributed by atoms with van der Waals surface area (Å²) in [5.74, 6) is -0.213. The standard InChI is InChI=1S/C21H28NO7P/c1-21(2,22-13-14-29-30(25,26)27)18(23)15-28-20(17-11-7-4-8-12-17)19(24)16-9-5-3-6-10-16/h3-12,18,20,22-23H,13-15H2,1-2H3,(H2,25,26,27). The molecule has 9 heteroatoms. The summed E-state index contributed by atoms with van der Waals surface area (Å²) in [7, 11) is -4.54. The van der Waals surface area contributed by atoms with Crippen LogP contribution in [0, 0.1) is 0 Å². The Balaban J connectivity index is 2.02. The van der Waals surface area contributed by atoms with Gasteiger partial charge >= 0.3 is 7.82 Å². The van der Waals surface area contributed by atoms with Crippen molar-refractivity contribution in [3.63, 3.8) is 0 Å². The van der Waals surface area contributed by atoms with Crippen LogP contribution in [0.25, 0.3) is 0 Å². The van der Waals surface area contributed by atoms with Crippen molar-refractivity contribution in [3.05, 3.63) is 71.8 Å². The molecule has 0 fully saturated rings. The third-order valence-electron chi connectivity index (χ3n) is 4.59. The molecular formula is C21H28NO7P. The summed E-state index contributed by atoms with van der Waals surface area (Å²) in [6, 6.07) is 17.8. The van der Waals surface area contributed by atoms with E-state index < -0.39 is 25.6 Å². The Morgan fingerprint density at radius 3 is 2.20 bits per heavy atom. The number of benzene rings is 2. The number of Topliss-reactive ketones (excluding diaryl/α,β-unsaturated/α-hetero) is 1. The molecular weight excluding hydrogens is 409 g/mol. The van der Waals surface area contributed by atoms with Crippen molar-refractivity contribution >= 4 is 13.6 Å². The maximum Gasteiger partial charge on any atom is 0.469 e. The van der Waals surface area contributed by atoms with Gasteiger partial charge in [0.1, 0.15) is 6.10 Å². The Morgan fingerprint density at radius 2 is 1.63 bits per heavy atom. The van der Waals surface area contributed by atoms with Gasteiger partial charge < -0.3 is 24.9 Å². The summed E-state index contributed by atoms with van der Waals surface area (Å²) in [6.07, 6.45) is -1.88. The van der Waals surface area contributed by atoms with E-state index in [0.717, 1.165) is 0 Å². The fraction of sp³-hybridized carbons (Fsp3) is 0.381. The number of carbonyl (C=O) groups is 1. The molecule has 0 amide bonds. The first kappa shape index (κ1) is 24.4. The molecule has 0 aliphatic carbocycles. The molecule has 0 aromatic heterocycles. The first-order chi connectivity index (χ1) is 14.1. The van der Waals surface area contributed by atoms with Gasteiger partial charge in [0.2, 0.25) is 0 Å². The molecule has 0 spiro atoms. The zero-order valence-corrected chi connectivity index (χ0v) is 17.9. The Bertz CT molecular complexity index is 839. The number of aliphatic hydroxyl groups excluding tert-OH is 1. The molecule has 0 heterocycles. The minimum atomic E-state index is -4.54. The second-order valence-electron chi connectivity index (χ2n) is 7.34. The van der Waals surface area contributed by atoms with E-state index in [1.54, 1.807) is 50.2 Å². The highest BCUT2D eigenvalue weighted by molar-refractivity contribution is 7.46. The number of phosphoric ester groups is 1. The van der Waals surface area contributed by atoms with E-state index in [4.69, 9.17) is 14.5 Å². The Labute approximate surface area is 176 Å². The van der Waals surface area contributed by atoms with E-state index in [9.17, 15) is 14.5 Å². The van der Waals surface area contributed by atoms with E-state index >= 15 is 0 Å². The number of ether oxygens (including phenoxy) is 1. The molecule has 0 aliphatic rings. The van der Waals surface area contributed by atoms with Gasteiger partial charge in [0.05, 0.1) is 19.3 Å². The zero-order chi connectivity index (χ0) is 22.2. The van der Waals surface area contributed by atoms with Crippen LogP contribution in [0.4, 0.5) is 0 Å². The molecule has 30 heavy (non-hydrogen) atoms. The van der Waals surface area contributed by atoms with Gasteiger partial charge in [0.15, 0.2) is 5.78 Å². The maximum atomic E-state index is 13.0. The van der Waals surface area contributed by atoms with Crippen LogP contribution in [0.15, 0.2) is 60.7 Å². The number of phosphoric acid groups is 1. The first-order valence-electron chi connectivity index (χ1n) is 9.49. The van der Waals surface area contributed by atoms with E-state index in [1.807, 2.05) is 24.3 Å². The first-order valence-corrected chi connectivity index (χ1v) is 11.0. The fourth-order valence-corrected chi connectivity index (χ4v) is 3.09. The van der Waals surface area contributed by atoms with Crippen molar-refractivity contribution in [3.8, 4) is 0 Å². The molecule has 2 rings (SSSR count). The molecule has 0 bridgehead atoms. The van der Waals surface area contributed by atoms with E-state index in [0.29, 0.717) is 11.1 Å². The highest BCUT2D eigenvalue weighted by Crippen LogP contribution is 2.35. The second kappa shape index (κ2) is 10.9. The summed E-state index contributed by atoms with van der Waals surface area (Å²) in [5, 5.41) is 13.6. The van der Waals surface area contributed by atoms with Gasteiger partial charge in [-0.15, -0.1) is 0 Å². The summed E-state index contributed by atoms with van der Waals surface area (Å²) < 4.78 is 21.0. The van der Waals surface area contributed by atoms with Crippen LogP contribution >= 0.6 is 7.82 Å². The van der Waals surface area contributed by atoms with Crippen LogP contribution in [0.2, 0.25) is 0 Å². The minimum Gasteiger partial charge on any atom is -0.389 e. The van der Waals surface area contributed by atoms with Gasteiger partial charge in [-0.3, -0.25) is 9.32 Å². The molecule has 8 nitrogen and oxygen atoms in total. The molecule has 2 aromatic rings. The minimum absolute atomic E-state index is 0.111. The van der Waals surface area contributed by atoms with Crippen molar-refractivity contribution in [1.29, 1.82) is 0 Å². The topological polar surface area (TPSA) is 125 Å². The monoisotopic (exact) mass is 437 g/mol. The number of hydrogen-bond acceptors (Lipinski definition) is 6. The summed E-state index contributed by atoms with van der Waals surface area (Å²) in [6.45, 7) is 3.20. The van der Waals surface area contributed by atoms with Gasteiger partial charge in [-0.25, -0.2) is 4.57 Å². The van der Waals surface area contributed by atoms with Crippen molar-refractivity contribution in [1.82, 2.24) is 5.32 Å². The third-order valence-corrected chi connectivity index (χ3v) is 5.11. The normalized spacial score (nSPS) is 14.3. The molecule has 2 aromatic carbocycles. The lowest BCUT2D eigenvalue weighted by Crippen LogP contribution is -2.52.